The van der Waals surface area contributed by atoms with Crippen LogP contribution in [0.25, 0.3) is 0 Å². The first-order valence-corrected chi connectivity index (χ1v) is 8.76. The van der Waals surface area contributed by atoms with Gasteiger partial charge in [-0.1, -0.05) is 31.4 Å². The quantitative estimate of drug-likeness (QED) is 0.905. The van der Waals surface area contributed by atoms with Crippen LogP contribution in [0.1, 0.15) is 57.4 Å². The van der Waals surface area contributed by atoms with E-state index in [1.807, 2.05) is 0 Å². The summed E-state index contributed by atoms with van der Waals surface area (Å²) >= 11 is 0. The summed E-state index contributed by atoms with van der Waals surface area (Å²) < 4.78 is 0. The van der Waals surface area contributed by atoms with Crippen molar-refractivity contribution in [3.63, 3.8) is 0 Å². The van der Waals surface area contributed by atoms with Crippen LogP contribution in [0.3, 0.4) is 0 Å². The molecule has 1 spiro atoms. The van der Waals surface area contributed by atoms with Gasteiger partial charge in [0, 0.05) is 24.8 Å². The molecule has 2 nitrogen and oxygen atoms in total. The highest BCUT2D eigenvalue weighted by Crippen LogP contribution is 2.45. The van der Waals surface area contributed by atoms with E-state index in [-0.39, 0.29) is 6.04 Å². The Balaban J connectivity index is 1.58. The van der Waals surface area contributed by atoms with Gasteiger partial charge in [-0.15, -0.1) is 0 Å². The topological polar surface area (TPSA) is 29.3 Å². The number of nitrogens with two attached hydrogens (primary N) is 1. The number of piperidine rings is 1. The van der Waals surface area contributed by atoms with Crippen molar-refractivity contribution >= 4 is 5.69 Å². The van der Waals surface area contributed by atoms with E-state index in [9.17, 15) is 0 Å². The summed E-state index contributed by atoms with van der Waals surface area (Å²) in [5, 5.41) is 0. The zero-order valence-electron chi connectivity index (χ0n) is 13.5. The fraction of sp³-hybridized carbons (Fsp3) is 0.684. The standard InChI is InChI=1S/C19H30N2/c1-16(20)15-17-5-7-18(8-6-17)21-13-11-19(12-14-21)9-3-2-4-10-19/h5-8,16H,2-4,9-15,20H2,1H3. The van der Waals surface area contributed by atoms with Crippen LogP contribution in [-0.2, 0) is 6.42 Å². The maximum absolute atomic E-state index is 5.87. The summed E-state index contributed by atoms with van der Waals surface area (Å²) in [6.07, 6.45) is 11.1. The zero-order chi connectivity index (χ0) is 14.7. The Morgan fingerprint density at radius 3 is 2.19 bits per heavy atom. The van der Waals surface area contributed by atoms with E-state index in [1.165, 1.54) is 69.3 Å². The molecule has 1 aliphatic heterocycles. The molecule has 1 aromatic rings. The highest BCUT2D eigenvalue weighted by Gasteiger charge is 2.35. The molecule has 2 aliphatic rings. The summed E-state index contributed by atoms with van der Waals surface area (Å²) in [5.74, 6) is 0. The maximum atomic E-state index is 5.87. The van der Waals surface area contributed by atoms with Crippen LogP contribution in [-0.4, -0.2) is 19.1 Å². The minimum absolute atomic E-state index is 0.247. The second-order valence-electron chi connectivity index (χ2n) is 7.40. The molecule has 1 saturated carbocycles. The zero-order valence-corrected chi connectivity index (χ0v) is 13.5. The normalized spacial score (nSPS) is 23.2. The van der Waals surface area contributed by atoms with Gasteiger partial charge in [0.2, 0.25) is 0 Å². The molecule has 1 atom stereocenters. The molecule has 0 bridgehead atoms. The number of hydrogen-bond acceptors (Lipinski definition) is 2. The van der Waals surface area contributed by atoms with Crippen LogP contribution in [0.5, 0.6) is 0 Å². The third-order valence-electron chi connectivity index (χ3n) is 5.60. The third kappa shape index (κ3) is 3.60. The van der Waals surface area contributed by atoms with Crippen LogP contribution < -0.4 is 10.6 Å². The minimum Gasteiger partial charge on any atom is -0.371 e. The Bertz CT molecular complexity index is 433. The number of hydrogen-bond donors (Lipinski definition) is 1. The van der Waals surface area contributed by atoms with Gasteiger partial charge in [0.25, 0.3) is 0 Å². The number of nitrogens with zero attached hydrogens (tertiary/aromatic N) is 1. The fourth-order valence-corrected chi connectivity index (χ4v) is 4.26. The average molecular weight is 286 g/mol. The molecule has 2 N–H and O–H groups in total. The molecule has 1 aromatic carbocycles. The van der Waals surface area contributed by atoms with Gasteiger partial charge in [-0.3, -0.25) is 0 Å². The Morgan fingerprint density at radius 2 is 1.62 bits per heavy atom. The Hall–Kier alpha value is -1.02. The molecule has 2 fully saturated rings. The number of benzene rings is 1. The first-order valence-electron chi connectivity index (χ1n) is 8.76. The van der Waals surface area contributed by atoms with Crippen molar-refractivity contribution in [2.75, 3.05) is 18.0 Å². The largest absolute Gasteiger partial charge is 0.371 e. The summed E-state index contributed by atoms with van der Waals surface area (Å²) in [6.45, 7) is 4.56. The predicted octanol–water partition coefficient (Wildman–Crippen LogP) is 4.13. The Morgan fingerprint density at radius 1 is 1.00 bits per heavy atom. The average Bonchev–Trinajstić information content (AvgIpc) is 2.49. The lowest BCUT2D eigenvalue weighted by molar-refractivity contribution is 0.144. The first-order chi connectivity index (χ1) is 10.2. The predicted molar refractivity (Wildman–Crippen MR) is 90.8 cm³/mol. The highest BCUT2D eigenvalue weighted by molar-refractivity contribution is 5.48. The molecule has 1 heterocycles. The van der Waals surface area contributed by atoms with Crippen molar-refractivity contribution in [1.82, 2.24) is 0 Å². The van der Waals surface area contributed by atoms with Gasteiger partial charge in [-0.05, 0) is 62.1 Å². The second-order valence-corrected chi connectivity index (χ2v) is 7.40. The van der Waals surface area contributed by atoms with Crippen molar-refractivity contribution in [2.45, 2.75) is 64.3 Å². The molecular formula is C19H30N2. The number of anilines is 1. The van der Waals surface area contributed by atoms with Gasteiger partial charge in [0.1, 0.15) is 0 Å². The van der Waals surface area contributed by atoms with Crippen LogP contribution in [0.4, 0.5) is 5.69 Å². The third-order valence-corrected chi connectivity index (χ3v) is 5.60. The van der Waals surface area contributed by atoms with E-state index in [0.29, 0.717) is 5.41 Å². The molecule has 3 rings (SSSR count). The summed E-state index contributed by atoms with van der Waals surface area (Å²) in [5.41, 5.74) is 9.33. The van der Waals surface area contributed by atoms with E-state index in [2.05, 4.69) is 36.1 Å². The molecule has 1 aliphatic carbocycles. The maximum Gasteiger partial charge on any atom is 0.0366 e. The van der Waals surface area contributed by atoms with Crippen molar-refractivity contribution in [2.24, 2.45) is 11.1 Å². The van der Waals surface area contributed by atoms with E-state index in [1.54, 1.807) is 0 Å². The van der Waals surface area contributed by atoms with Gasteiger partial charge in [0.15, 0.2) is 0 Å². The van der Waals surface area contributed by atoms with Crippen molar-refractivity contribution in [1.29, 1.82) is 0 Å². The van der Waals surface area contributed by atoms with Crippen LogP contribution in [0, 0.1) is 5.41 Å². The van der Waals surface area contributed by atoms with E-state index < -0.39 is 0 Å². The lowest BCUT2D eigenvalue weighted by atomic mass is 9.68. The molecule has 0 amide bonds. The lowest BCUT2D eigenvalue weighted by Crippen LogP contribution is -2.41. The smallest absolute Gasteiger partial charge is 0.0366 e. The van der Waals surface area contributed by atoms with Crippen molar-refractivity contribution < 1.29 is 0 Å². The van der Waals surface area contributed by atoms with E-state index in [4.69, 9.17) is 5.73 Å². The summed E-state index contributed by atoms with van der Waals surface area (Å²) in [6, 6.07) is 9.33. The Labute approximate surface area is 129 Å². The molecule has 21 heavy (non-hydrogen) atoms. The number of rotatable bonds is 3. The SMILES string of the molecule is CC(N)Cc1ccc(N2CCC3(CCCCC3)CC2)cc1. The molecule has 2 heteroatoms. The van der Waals surface area contributed by atoms with Gasteiger partial charge in [-0.25, -0.2) is 0 Å². The monoisotopic (exact) mass is 286 g/mol. The molecule has 1 saturated heterocycles. The van der Waals surface area contributed by atoms with Crippen LogP contribution in [0.2, 0.25) is 0 Å². The Kier molecular flexibility index (Phi) is 4.54. The van der Waals surface area contributed by atoms with Crippen molar-refractivity contribution in [3.05, 3.63) is 29.8 Å². The molecular weight excluding hydrogens is 256 g/mol. The van der Waals surface area contributed by atoms with Gasteiger partial charge in [0.05, 0.1) is 0 Å². The molecule has 1 unspecified atom stereocenters. The van der Waals surface area contributed by atoms with E-state index in [0.717, 1.165) is 6.42 Å². The highest BCUT2D eigenvalue weighted by atomic mass is 15.1. The molecule has 0 aromatic heterocycles. The van der Waals surface area contributed by atoms with Crippen LogP contribution >= 0.6 is 0 Å². The second kappa shape index (κ2) is 6.39. The van der Waals surface area contributed by atoms with Gasteiger partial charge in [-0.2, -0.15) is 0 Å². The van der Waals surface area contributed by atoms with Gasteiger partial charge >= 0.3 is 0 Å². The lowest BCUT2D eigenvalue weighted by Gasteiger charge is -2.45. The van der Waals surface area contributed by atoms with Crippen LogP contribution in [0.15, 0.2) is 24.3 Å². The molecule has 116 valence electrons. The summed E-state index contributed by atoms with van der Waals surface area (Å²) in [7, 11) is 0. The van der Waals surface area contributed by atoms with E-state index >= 15 is 0 Å². The summed E-state index contributed by atoms with van der Waals surface area (Å²) in [4.78, 5) is 2.58. The molecule has 0 radical (unpaired) electrons. The fourth-order valence-electron chi connectivity index (χ4n) is 4.26. The van der Waals surface area contributed by atoms with Crippen molar-refractivity contribution in [3.8, 4) is 0 Å². The first kappa shape index (κ1) is 14.9. The minimum atomic E-state index is 0.247. The van der Waals surface area contributed by atoms with Gasteiger partial charge < -0.3 is 10.6 Å².